The highest BCUT2D eigenvalue weighted by molar-refractivity contribution is 5.36. The van der Waals surface area contributed by atoms with E-state index in [9.17, 15) is 5.11 Å². The number of fused-ring (bicyclic) bond motifs is 2. The third-order valence-corrected chi connectivity index (χ3v) is 3.44. The van der Waals surface area contributed by atoms with Crippen LogP contribution in [0.3, 0.4) is 0 Å². The van der Waals surface area contributed by atoms with Crippen molar-refractivity contribution in [1.29, 1.82) is 0 Å². The summed E-state index contributed by atoms with van der Waals surface area (Å²) in [6.45, 7) is 0. The molecule has 0 fully saturated rings. The lowest BCUT2D eigenvalue weighted by Crippen LogP contribution is -2.01. The van der Waals surface area contributed by atoms with Crippen molar-refractivity contribution < 1.29 is 5.11 Å². The SMILES string of the molecule is Oc1ccc2c(c1)CCCC2.c1cn2cnnc2cn1. The molecule has 0 bridgehead atoms. The number of aryl methyl sites for hydroxylation is 2. The van der Waals surface area contributed by atoms with Crippen LogP contribution in [-0.4, -0.2) is 24.7 Å². The van der Waals surface area contributed by atoms with Crippen molar-refractivity contribution in [3.8, 4) is 5.75 Å². The third-order valence-electron chi connectivity index (χ3n) is 3.44. The van der Waals surface area contributed by atoms with Gasteiger partial charge in [-0.15, -0.1) is 10.2 Å². The molecule has 0 saturated carbocycles. The Balaban J connectivity index is 0.000000123. The van der Waals surface area contributed by atoms with E-state index in [4.69, 9.17) is 0 Å². The zero-order valence-electron chi connectivity index (χ0n) is 11.1. The average molecular weight is 268 g/mol. The van der Waals surface area contributed by atoms with Crippen LogP contribution in [0.5, 0.6) is 5.75 Å². The Labute approximate surface area is 116 Å². The molecule has 3 aromatic rings. The molecule has 0 atom stereocenters. The first-order chi connectivity index (χ1) is 9.83. The van der Waals surface area contributed by atoms with Gasteiger partial charge in [-0.25, -0.2) is 0 Å². The fourth-order valence-electron chi connectivity index (χ4n) is 2.40. The summed E-state index contributed by atoms with van der Waals surface area (Å²) in [4.78, 5) is 3.86. The van der Waals surface area contributed by atoms with Crippen LogP contribution in [0.1, 0.15) is 24.0 Å². The van der Waals surface area contributed by atoms with Gasteiger partial charge in [-0.05, 0) is 48.9 Å². The predicted octanol–water partition coefficient (Wildman–Crippen LogP) is 2.40. The average Bonchev–Trinajstić information content (AvgIpc) is 2.96. The molecule has 0 radical (unpaired) electrons. The van der Waals surface area contributed by atoms with Crippen LogP contribution in [0, 0.1) is 0 Å². The summed E-state index contributed by atoms with van der Waals surface area (Å²) in [5, 5.41) is 16.6. The number of aromatic hydroxyl groups is 1. The maximum Gasteiger partial charge on any atom is 0.179 e. The molecule has 5 heteroatoms. The normalized spacial score (nSPS) is 13.4. The van der Waals surface area contributed by atoms with Gasteiger partial charge in [0, 0.05) is 12.4 Å². The Morgan fingerprint density at radius 2 is 1.95 bits per heavy atom. The van der Waals surface area contributed by atoms with Gasteiger partial charge in [-0.1, -0.05) is 6.07 Å². The summed E-state index contributed by atoms with van der Waals surface area (Å²) in [7, 11) is 0. The third kappa shape index (κ3) is 2.77. The smallest absolute Gasteiger partial charge is 0.179 e. The van der Waals surface area contributed by atoms with E-state index in [-0.39, 0.29) is 0 Å². The van der Waals surface area contributed by atoms with Gasteiger partial charge in [0.25, 0.3) is 0 Å². The summed E-state index contributed by atoms with van der Waals surface area (Å²) in [6, 6.07) is 5.72. The minimum Gasteiger partial charge on any atom is -0.508 e. The van der Waals surface area contributed by atoms with Crippen molar-refractivity contribution in [2.45, 2.75) is 25.7 Å². The van der Waals surface area contributed by atoms with Crippen molar-refractivity contribution in [3.63, 3.8) is 0 Å². The van der Waals surface area contributed by atoms with E-state index < -0.39 is 0 Å². The van der Waals surface area contributed by atoms with Gasteiger partial charge in [-0.3, -0.25) is 9.38 Å². The molecule has 0 amide bonds. The lowest BCUT2D eigenvalue weighted by atomic mass is 9.92. The van der Waals surface area contributed by atoms with Crippen molar-refractivity contribution in [2.75, 3.05) is 0 Å². The summed E-state index contributed by atoms with van der Waals surface area (Å²) in [5.41, 5.74) is 3.54. The quantitative estimate of drug-likeness (QED) is 0.680. The van der Waals surface area contributed by atoms with E-state index in [0.717, 1.165) is 12.1 Å². The number of rotatable bonds is 0. The minimum atomic E-state index is 0.408. The number of phenols is 1. The van der Waals surface area contributed by atoms with E-state index in [0.29, 0.717) is 5.75 Å². The van der Waals surface area contributed by atoms with Gasteiger partial charge in [0.15, 0.2) is 5.65 Å². The summed E-state index contributed by atoms with van der Waals surface area (Å²) in [5.74, 6) is 0.408. The van der Waals surface area contributed by atoms with E-state index in [1.165, 1.54) is 30.4 Å². The first-order valence-corrected chi connectivity index (χ1v) is 6.73. The fraction of sp³-hybridized carbons (Fsp3) is 0.267. The molecule has 1 N–H and O–H groups in total. The van der Waals surface area contributed by atoms with Crippen LogP contribution in [0.2, 0.25) is 0 Å². The van der Waals surface area contributed by atoms with Crippen molar-refractivity contribution in [2.24, 2.45) is 0 Å². The second-order valence-corrected chi connectivity index (χ2v) is 4.83. The highest BCUT2D eigenvalue weighted by Gasteiger charge is 2.08. The number of hydrogen-bond acceptors (Lipinski definition) is 4. The standard InChI is InChI=1S/C10H12O.C5H4N4/c11-10-6-5-8-3-1-2-4-9(8)7-10;1-2-9-4-7-8-5(9)3-6-1/h5-7,11H,1-4H2;1-4H. The van der Waals surface area contributed by atoms with Gasteiger partial charge in [0.2, 0.25) is 0 Å². The van der Waals surface area contributed by atoms with Gasteiger partial charge in [-0.2, -0.15) is 0 Å². The molecule has 2 aromatic heterocycles. The summed E-state index contributed by atoms with van der Waals surface area (Å²) in [6.07, 6.45) is 11.7. The number of aromatic nitrogens is 4. The van der Waals surface area contributed by atoms with Crippen LogP contribution in [-0.2, 0) is 12.8 Å². The molecule has 20 heavy (non-hydrogen) atoms. The van der Waals surface area contributed by atoms with Gasteiger partial charge >= 0.3 is 0 Å². The molecule has 0 saturated heterocycles. The second kappa shape index (κ2) is 5.69. The molecule has 2 heterocycles. The zero-order chi connectivity index (χ0) is 13.8. The number of hydrogen-bond donors (Lipinski definition) is 1. The first-order valence-electron chi connectivity index (χ1n) is 6.73. The molecule has 102 valence electrons. The Bertz CT molecular complexity index is 678. The Hall–Kier alpha value is -2.43. The highest BCUT2D eigenvalue weighted by atomic mass is 16.3. The molecule has 1 aromatic carbocycles. The maximum absolute atomic E-state index is 9.19. The molecule has 0 unspecified atom stereocenters. The molecule has 4 rings (SSSR count). The van der Waals surface area contributed by atoms with Crippen LogP contribution >= 0.6 is 0 Å². The molecule has 0 spiro atoms. The van der Waals surface area contributed by atoms with Crippen molar-refractivity contribution >= 4 is 5.65 Å². The second-order valence-electron chi connectivity index (χ2n) is 4.83. The van der Waals surface area contributed by atoms with Gasteiger partial charge in [0.1, 0.15) is 12.1 Å². The van der Waals surface area contributed by atoms with E-state index in [2.05, 4.69) is 15.2 Å². The zero-order valence-corrected chi connectivity index (χ0v) is 11.1. The minimum absolute atomic E-state index is 0.408. The van der Waals surface area contributed by atoms with E-state index in [1.54, 1.807) is 35.4 Å². The lowest BCUT2D eigenvalue weighted by molar-refractivity contribution is 0.473. The van der Waals surface area contributed by atoms with E-state index >= 15 is 0 Å². The Morgan fingerprint density at radius 3 is 2.80 bits per heavy atom. The number of nitrogens with zero attached hydrogens (tertiary/aromatic N) is 4. The van der Waals surface area contributed by atoms with Gasteiger partial charge in [0.05, 0.1) is 6.20 Å². The summed E-state index contributed by atoms with van der Waals surface area (Å²) >= 11 is 0. The maximum atomic E-state index is 9.19. The molecule has 5 nitrogen and oxygen atoms in total. The molecule has 0 aliphatic heterocycles. The van der Waals surface area contributed by atoms with Crippen LogP contribution in [0.25, 0.3) is 5.65 Å². The highest BCUT2D eigenvalue weighted by Crippen LogP contribution is 2.24. The lowest BCUT2D eigenvalue weighted by Gasteiger charge is -2.14. The Kier molecular flexibility index (Phi) is 3.58. The van der Waals surface area contributed by atoms with E-state index in [1.807, 2.05) is 12.1 Å². The monoisotopic (exact) mass is 268 g/mol. The Morgan fingerprint density at radius 1 is 1.10 bits per heavy atom. The number of phenolic OH excluding ortho intramolecular Hbond substituents is 1. The first kappa shape index (κ1) is 12.6. The van der Waals surface area contributed by atoms with Crippen LogP contribution in [0.15, 0.2) is 43.1 Å². The predicted molar refractivity (Wildman–Crippen MR) is 75.5 cm³/mol. The summed E-state index contributed by atoms with van der Waals surface area (Å²) < 4.78 is 1.80. The number of benzene rings is 1. The topological polar surface area (TPSA) is 63.3 Å². The fourth-order valence-corrected chi connectivity index (χ4v) is 2.40. The largest absolute Gasteiger partial charge is 0.508 e. The van der Waals surface area contributed by atoms with Crippen molar-refractivity contribution in [1.82, 2.24) is 19.6 Å². The van der Waals surface area contributed by atoms with Crippen molar-refractivity contribution in [3.05, 3.63) is 54.2 Å². The van der Waals surface area contributed by atoms with Crippen LogP contribution < -0.4 is 0 Å². The molecular weight excluding hydrogens is 252 g/mol. The molecule has 1 aliphatic rings. The molecular formula is C15H16N4O. The van der Waals surface area contributed by atoms with Gasteiger partial charge < -0.3 is 5.11 Å². The van der Waals surface area contributed by atoms with Crippen LogP contribution in [0.4, 0.5) is 0 Å². The molecule has 1 aliphatic carbocycles.